The molecule has 5 nitrogen and oxygen atoms in total. The Morgan fingerprint density at radius 3 is 2.14 bits per heavy atom. The SMILES string of the molecule is Oc1c(Br)cc(-c2cnc(-c3cccc(Oc4ccccc4)c3)nn2)cc1Br. The van der Waals surface area contributed by atoms with Gasteiger partial charge in [0.05, 0.1) is 15.1 Å². The van der Waals surface area contributed by atoms with Crippen molar-refractivity contribution >= 4 is 31.9 Å². The van der Waals surface area contributed by atoms with Gasteiger partial charge in [0.15, 0.2) is 5.82 Å². The minimum Gasteiger partial charge on any atom is -0.506 e. The molecule has 1 aromatic heterocycles. The van der Waals surface area contributed by atoms with Crippen molar-refractivity contribution in [2.75, 3.05) is 0 Å². The number of hydrogen-bond acceptors (Lipinski definition) is 5. The molecule has 0 aliphatic heterocycles. The summed E-state index contributed by atoms with van der Waals surface area (Å²) in [5.74, 6) is 2.09. The van der Waals surface area contributed by atoms with Crippen LogP contribution in [0.2, 0.25) is 0 Å². The summed E-state index contributed by atoms with van der Waals surface area (Å²) in [7, 11) is 0. The van der Waals surface area contributed by atoms with Crippen molar-refractivity contribution in [3.8, 4) is 39.9 Å². The number of para-hydroxylation sites is 1. The van der Waals surface area contributed by atoms with Crippen molar-refractivity contribution in [2.24, 2.45) is 0 Å². The van der Waals surface area contributed by atoms with Gasteiger partial charge in [-0.2, -0.15) is 0 Å². The van der Waals surface area contributed by atoms with Crippen molar-refractivity contribution in [3.63, 3.8) is 0 Å². The molecule has 1 heterocycles. The van der Waals surface area contributed by atoms with Crippen molar-refractivity contribution in [3.05, 3.63) is 81.9 Å². The average Bonchev–Trinajstić information content (AvgIpc) is 2.73. The molecule has 0 aliphatic rings. The molecule has 0 radical (unpaired) electrons. The first-order chi connectivity index (χ1) is 13.6. The van der Waals surface area contributed by atoms with Crippen molar-refractivity contribution < 1.29 is 9.84 Å². The number of rotatable bonds is 4. The lowest BCUT2D eigenvalue weighted by molar-refractivity contribution is 0.468. The Hall–Kier alpha value is -2.77. The van der Waals surface area contributed by atoms with Crippen LogP contribution >= 0.6 is 31.9 Å². The molecule has 0 amide bonds. The predicted octanol–water partition coefficient (Wildman–Crippen LogP) is 6.23. The van der Waals surface area contributed by atoms with Gasteiger partial charge >= 0.3 is 0 Å². The molecule has 0 spiro atoms. The number of halogens is 2. The number of aromatic nitrogens is 3. The molecule has 7 heteroatoms. The second-order valence-corrected chi connectivity index (χ2v) is 7.61. The predicted molar refractivity (Wildman–Crippen MR) is 114 cm³/mol. The summed E-state index contributed by atoms with van der Waals surface area (Å²) < 4.78 is 6.99. The summed E-state index contributed by atoms with van der Waals surface area (Å²) in [4.78, 5) is 4.43. The number of nitrogens with zero attached hydrogens (tertiary/aromatic N) is 3. The molecular formula is C21H13Br2N3O2. The lowest BCUT2D eigenvalue weighted by Gasteiger charge is -2.08. The highest BCUT2D eigenvalue weighted by Gasteiger charge is 2.11. The third kappa shape index (κ3) is 4.05. The average molecular weight is 499 g/mol. The monoisotopic (exact) mass is 497 g/mol. The molecule has 0 saturated carbocycles. The first-order valence-corrected chi connectivity index (χ1v) is 9.90. The summed E-state index contributed by atoms with van der Waals surface area (Å²) in [5.41, 5.74) is 2.19. The first kappa shape index (κ1) is 18.6. The van der Waals surface area contributed by atoms with Crippen LogP contribution in [0.15, 0.2) is 81.9 Å². The Morgan fingerprint density at radius 1 is 0.750 bits per heavy atom. The van der Waals surface area contributed by atoms with E-state index >= 15 is 0 Å². The van der Waals surface area contributed by atoms with Gasteiger partial charge in [0, 0.05) is 11.1 Å². The third-order valence-electron chi connectivity index (χ3n) is 3.95. The second-order valence-electron chi connectivity index (χ2n) is 5.90. The zero-order valence-corrected chi connectivity index (χ0v) is 17.6. The zero-order chi connectivity index (χ0) is 19.5. The van der Waals surface area contributed by atoms with E-state index in [1.54, 1.807) is 18.3 Å². The van der Waals surface area contributed by atoms with E-state index in [-0.39, 0.29) is 5.75 Å². The number of phenolic OH excluding ortho intramolecular Hbond substituents is 1. The maximum Gasteiger partial charge on any atom is 0.181 e. The molecule has 138 valence electrons. The number of benzene rings is 3. The van der Waals surface area contributed by atoms with Crippen molar-refractivity contribution in [1.82, 2.24) is 15.2 Å². The van der Waals surface area contributed by atoms with Gasteiger partial charge in [-0.25, -0.2) is 4.98 Å². The van der Waals surface area contributed by atoms with Gasteiger partial charge in [-0.15, -0.1) is 10.2 Å². The van der Waals surface area contributed by atoms with E-state index in [4.69, 9.17) is 4.74 Å². The van der Waals surface area contributed by atoms with Crippen LogP contribution in [0.3, 0.4) is 0 Å². The molecule has 4 aromatic rings. The standard InChI is InChI=1S/C21H13Br2N3O2/c22-17-10-14(11-18(23)20(17)27)19-12-24-21(26-25-19)13-5-4-8-16(9-13)28-15-6-2-1-3-7-15/h1-12,27H. The fourth-order valence-electron chi connectivity index (χ4n) is 2.58. The lowest BCUT2D eigenvalue weighted by atomic mass is 10.1. The third-order valence-corrected chi connectivity index (χ3v) is 5.15. The normalized spacial score (nSPS) is 10.6. The Balaban J connectivity index is 1.60. The summed E-state index contributed by atoms with van der Waals surface area (Å²) in [6.07, 6.45) is 1.65. The van der Waals surface area contributed by atoms with E-state index in [1.807, 2.05) is 54.6 Å². The maximum absolute atomic E-state index is 9.84. The van der Waals surface area contributed by atoms with Gasteiger partial charge in [-0.3, -0.25) is 0 Å². The highest BCUT2D eigenvalue weighted by Crippen LogP contribution is 2.36. The summed E-state index contributed by atoms with van der Waals surface area (Å²) in [5, 5.41) is 18.4. The highest BCUT2D eigenvalue weighted by molar-refractivity contribution is 9.11. The highest BCUT2D eigenvalue weighted by atomic mass is 79.9. The fraction of sp³-hybridized carbons (Fsp3) is 0. The van der Waals surface area contributed by atoms with Gasteiger partial charge in [-0.1, -0.05) is 30.3 Å². The lowest BCUT2D eigenvalue weighted by Crippen LogP contribution is -1.95. The number of aromatic hydroxyl groups is 1. The van der Waals surface area contributed by atoms with Gasteiger partial charge in [0.2, 0.25) is 0 Å². The van der Waals surface area contributed by atoms with Crippen LogP contribution in [0, 0.1) is 0 Å². The Morgan fingerprint density at radius 2 is 1.46 bits per heavy atom. The topological polar surface area (TPSA) is 68.1 Å². The van der Waals surface area contributed by atoms with E-state index in [2.05, 4.69) is 47.0 Å². The minimum absolute atomic E-state index is 0.136. The number of phenols is 1. The van der Waals surface area contributed by atoms with Gasteiger partial charge in [-0.05, 0) is 68.3 Å². The molecular weight excluding hydrogens is 486 g/mol. The summed E-state index contributed by atoms with van der Waals surface area (Å²) in [6, 6.07) is 20.6. The number of ether oxygens (including phenoxy) is 1. The fourth-order valence-corrected chi connectivity index (χ4v) is 3.76. The quantitative estimate of drug-likeness (QED) is 0.361. The molecule has 28 heavy (non-hydrogen) atoms. The van der Waals surface area contributed by atoms with Crippen LogP contribution in [-0.4, -0.2) is 20.3 Å². The van der Waals surface area contributed by atoms with Crippen molar-refractivity contribution in [2.45, 2.75) is 0 Å². The van der Waals surface area contributed by atoms with E-state index in [0.717, 1.165) is 16.9 Å². The van der Waals surface area contributed by atoms with Crippen LogP contribution < -0.4 is 4.74 Å². The van der Waals surface area contributed by atoms with E-state index in [9.17, 15) is 5.11 Å². The van der Waals surface area contributed by atoms with Crippen LogP contribution in [-0.2, 0) is 0 Å². The molecule has 0 unspecified atom stereocenters. The molecule has 0 fully saturated rings. The van der Waals surface area contributed by atoms with E-state index < -0.39 is 0 Å². The molecule has 0 saturated heterocycles. The van der Waals surface area contributed by atoms with Gasteiger partial charge in [0.25, 0.3) is 0 Å². The Bertz CT molecular complexity index is 1100. The van der Waals surface area contributed by atoms with Crippen LogP contribution in [0.25, 0.3) is 22.6 Å². The Labute approximate surface area is 178 Å². The van der Waals surface area contributed by atoms with E-state index in [0.29, 0.717) is 26.2 Å². The van der Waals surface area contributed by atoms with Crippen molar-refractivity contribution in [1.29, 1.82) is 0 Å². The summed E-state index contributed by atoms with van der Waals surface area (Å²) in [6.45, 7) is 0. The van der Waals surface area contributed by atoms with E-state index in [1.165, 1.54) is 0 Å². The molecule has 4 rings (SSSR count). The number of hydrogen-bond donors (Lipinski definition) is 1. The van der Waals surface area contributed by atoms with Crippen LogP contribution in [0.1, 0.15) is 0 Å². The van der Waals surface area contributed by atoms with Crippen LogP contribution in [0.5, 0.6) is 17.2 Å². The largest absolute Gasteiger partial charge is 0.506 e. The minimum atomic E-state index is 0.136. The molecule has 0 aliphatic carbocycles. The molecule has 0 atom stereocenters. The maximum atomic E-state index is 9.84. The second kappa shape index (κ2) is 8.08. The molecule has 0 bridgehead atoms. The van der Waals surface area contributed by atoms with Crippen LogP contribution in [0.4, 0.5) is 0 Å². The molecule has 3 aromatic carbocycles. The summed E-state index contributed by atoms with van der Waals surface area (Å²) >= 11 is 6.64. The first-order valence-electron chi connectivity index (χ1n) is 8.31. The zero-order valence-electron chi connectivity index (χ0n) is 14.4. The smallest absolute Gasteiger partial charge is 0.181 e. The Kier molecular flexibility index (Phi) is 5.36. The van der Waals surface area contributed by atoms with Gasteiger partial charge < -0.3 is 9.84 Å². The van der Waals surface area contributed by atoms with Gasteiger partial charge in [0.1, 0.15) is 22.9 Å². The molecule has 1 N–H and O–H groups in total.